The van der Waals surface area contributed by atoms with Gasteiger partial charge in [0.15, 0.2) is 5.79 Å². The third kappa shape index (κ3) is 2.68. The first-order chi connectivity index (χ1) is 8.18. The zero-order chi connectivity index (χ0) is 12.3. The van der Waals surface area contributed by atoms with Crippen molar-refractivity contribution >= 4 is 23.2 Å². The van der Waals surface area contributed by atoms with Crippen LogP contribution in [0.2, 0.25) is 5.02 Å². The van der Waals surface area contributed by atoms with Gasteiger partial charge in [0, 0.05) is 17.3 Å². The second kappa shape index (κ2) is 5.44. The summed E-state index contributed by atoms with van der Waals surface area (Å²) in [5, 5.41) is 10.5. The van der Waals surface area contributed by atoms with Crippen LogP contribution in [0.5, 0.6) is 5.75 Å². The Morgan fingerprint density at radius 1 is 1.29 bits per heavy atom. The van der Waals surface area contributed by atoms with Gasteiger partial charge in [-0.15, -0.1) is 11.6 Å². The molecule has 1 saturated heterocycles. The molecular weight excluding hydrogens is 263 g/mol. The van der Waals surface area contributed by atoms with Gasteiger partial charge in [-0.1, -0.05) is 11.6 Å². The third-order valence-corrected chi connectivity index (χ3v) is 3.26. The number of halogens is 2. The molecule has 1 N–H and O–H groups in total. The number of phenols is 1. The van der Waals surface area contributed by atoms with Crippen molar-refractivity contribution in [3.8, 4) is 5.75 Å². The Bertz CT molecular complexity index is 389. The molecule has 0 radical (unpaired) electrons. The lowest BCUT2D eigenvalue weighted by Gasteiger charge is -2.28. The van der Waals surface area contributed by atoms with Crippen molar-refractivity contribution in [1.29, 1.82) is 0 Å². The Morgan fingerprint density at radius 2 is 2.00 bits per heavy atom. The molecular formula is C12H14Cl2O3. The van der Waals surface area contributed by atoms with Gasteiger partial charge < -0.3 is 14.6 Å². The molecule has 1 aromatic rings. The molecule has 0 amide bonds. The molecule has 5 heteroatoms. The number of benzene rings is 1. The maximum absolute atomic E-state index is 9.91. The molecule has 0 spiro atoms. The maximum Gasteiger partial charge on any atom is 0.198 e. The van der Waals surface area contributed by atoms with Crippen molar-refractivity contribution in [3.63, 3.8) is 0 Å². The van der Waals surface area contributed by atoms with E-state index in [2.05, 4.69) is 0 Å². The molecule has 0 aliphatic carbocycles. The standard InChI is InChI=1S/C12H14Cl2O3/c13-5-1-4-12(16-6-7-17-12)10-8-9(14)2-3-11(10)15/h2-3,8,15H,1,4-7H2. The molecule has 3 nitrogen and oxygen atoms in total. The summed E-state index contributed by atoms with van der Waals surface area (Å²) in [4.78, 5) is 0. The molecule has 1 heterocycles. The minimum Gasteiger partial charge on any atom is -0.507 e. The maximum atomic E-state index is 9.91. The molecule has 0 unspecified atom stereocenters. The molecule has 94 valence electrons. The molecule has 1 aliphatic rings. The molecule has 2 rings (SSSR count). The number of phenolic OH excluding ortho intramolecular Hbond substituents is 1. The monoisotopic (exact) mass is 276 g/mol. The Balaban J connectivity index is 2.34. The smallest absolute Gasteiger partial charge is 0.198 e. The van der Waals surface area contributed by atoms with Crippen molar-refractivity contribution < 1.29 is 14.6 Å². The largest absolute Gasteiger partial charge is 0.507 e. The first-order valence-electron chi connectivity index (χ1n) is 5.51. The van der Waals surface area contributed by atoms with E-state index in [9.17, 15) is 5.11 Å². The lowest BCUT2D eigenvalue weighted by atomic mass is 10.00. The highest BCUT2D eigenvalue weighted by molar-refractivity contribution is 6.30. The van der Waals surface area contributed by atoms with Gasteiger partial charge in [0.1, 0.15) is 5.75 Å². The van der Waals surface area contributed by atoms with Gasteiger partial charge in [-0.05, 0) is 24.6 Å². The molecule has 0 saturated carbocycles. The zero-order valence-electron chi connectivity index (χ0n) is 9.29. The summed E-state index contributed by atoms with van der Waals surface area (Å²) < 4.78 is 11.3. The van der Waals surface area contributed by atoms with E-state index in [-0.39, 0.29) is 5.75 Å². The Hall–Kier alpha value is -0.480. The van der Waals surface area contributed by atoms with Crippen LogP contribution in [0.3, 0.4) is 0 Å². The van der Waals surface area contributed by atoms with Crippen molar-refractivity contribution in [3.05, 3.63) is 28.8 Å². The molecule has 1 aromatic carbocycles. The van der Waals surface area contributed by atoms with E-state index < -0.39 is 5.79 Å². The highest BCUT2D eigenvalue weighted by Crippen LogP contribution is 2.41. The summed E-state index contributed by atoms with van der Waals surface area (Å²) in [6, 6.07) is 4.85. The predicted molar refractivity (Wildman–Crippen MR) is 66.7 cm³/mol. The second-order valence-corrected chi connectivity index (χ2v) is 4.72. The molecule has 0 aromatic heterocycles. The number of hydrogen-bond acceptors (Lipinski definition) is 3. The SMILES string of the molecule is Oc1ccc(Cl)cc1C1(CCCCl)OCCO1. The first kappa shape index (κ1) is 13.0. The summed E-state index contributed by atoms with van der Waals surface area (Å²) in [6.45, 7) is 1.02. The lowest BCUT2D eigenvalue weighted by molar-refractivity contribution is -0.171. The highest BCUT2D eigenvalue weighted by atomic mass is 35.5. The van der Waals surface area contributed by atoms with E-state index in [0.29, 0.717) is 36.1 Å². The van der Waals surface area contributed by atoms with Crippen molar-refractivity contribution in [2.75, 3.05) is 19.1 Å². The Labute approximate surface area is 110 Å². The minimum atomic E-state index is -0.899. The van der Waals surface area contributed by atoms with Gasteiger partial charge in [-0.25, -0.2) is 0 Å². The molecule has 1 aliphatic heterocycles. The Morgan fingerprint density at radius 3 is 2.65 bits per heavy atom. The predicted octanol–water partition coefficient (Wildman–Crippen LogP) is 3.26. The van der Waals surface area contributed by atoms with E-state index in [4.69, 9.17) is 32.7 Å². The van der Waals surface area contributed by atoms with Gasteiger partial charge in [-0.2, -0.15) is 0 Å². The number of aromatic hydroxyl groups is 1. The fourth-order valence-corrected chi connectivity index (χ4v) is 2.31. The topological polar surface area (TPSA) is 38.7 Å². The molecule has 0 atom stereocenters. The normalized spacial score (nSPS) is 18.5. The number of hydrogen-bond donors (Lipinski definition) is 1. The Kier molecular flexibility index (Phi) is 4.15. The van der Waals surface area contributed by atoms with Crippen LogP contribution in [0.4, 0.5) is 0 Å². The molecule has 17 heavy (non-hydrogen) atoms. The van der Waals surface area contributed by atoms with E-state index in [1.54, 1.807) is 18.2 Å². The van der Waals surface area contributed by atoms with Crippen LogP contribution in [0.25, 0.3) is 0 Å². The second-order valence-electron chi connectivity index (χ2n) is 3.90. The minimum absolute atomic E-state index is 0.130. The van der Waals surface area contributed by atoms with Crippen LogP contribution in [-0.4, -0.2) is 24.2 Å². The first-order valence-corrected chi connectivity index (χ1v) is 6.42. The van der Waals surface area contributed by atoms with Gasteiger partial charge in [-0.3, -0.25) is 0 Å². The van der Waals surface area contributed by atoms with Gasteiger partial charge in [0.2, 0.25) is 0 Å². The summed E-state index contributed by atoms with van der Waals surface area (Å²) in [5.41, 5.74) is 0.576. The highest BCUT2D eigenvalue weighted by Gasteiger charge is 2.40. The van der Waals surface area contributed by atoms with Gasteiger partial charge in [0.05, 0.1) is 18.8 Å². The summed E-state index contributed by atoms with van der Waals surface area (Å²) in [7, 11) is 0. The van der Waals surface area contributed by atoms with E-state index in [0.717, 1.165) is 6.42 Å². The average molecular weight is 277 g/mol. The van der Waals surface area contributed by atoms with Crippen LogP contribution in [0, 0.1) is 0 Å². The van der Waals surface area contributed by atoms with Crippen molar-refractivity contribution in [2.45, 2.75) is 18.6 Å². The zero-order valence-corrected chi connectivity index (χ0v) is 10.8. The fourth-order valence-electron chi connectivity index (χ4n) is 2.00. The summed E-state index contributed by atoms with van der Waals surface area (Å²) in [5.74, 6) is -0.245. The van der Waals surface area contributed by atoms with Gasteiger partial charge in [0.25, 0.3) is 0 Å². The number of ether oxygens (including phenoxy) is 2. The molecule has 0 bridgehead atoms. The van der Waals surface area contributed by atoms with Crippen LogP contribution in [-0.2, 0) is 15.3 Å². The lowest BCUT2D eigenvalue weighted by Crippen LogP contribution is -2.27. The summed E-state index contributed by atoms with van der Waals surface area (Å²) in [6.07, 6.45) is 1.35. The van der Waals surface area contributed by atoms with Crippen LogP contribution in [0.1, 0.15) is 18.4 Å². The third-order valence-electron chi connectivity index (χ3n) is 2.76. The van der Waals surface area contributed by atoms with Crippen molar-refractivity contribution in [2.24, 2.45) is 0 Å². The van der Waals surface area contributed by atoms with E-state index in [1.807, 2.05) is 0 Å². The van der Waals surface area contributed by atoms with Crippen LogP contribution < -0.4 is 0 Å². The van der Waals surface area contributed by atoms with E-state index in [1.165, 1.54) is 0 Å². The number of alkyl halides is 1. The summed E-state index contributed by atoms with van der Waals surface area (Å²) >= 11 is 11.6. The molecule has 1 fully saturated rings. The van der Waals surface area contributed by atoms with Gasteiger partial charge >= 0.3 is 0 Å². The number of rotatable bonds is 4. The van der Waals surface area contributed by atoms with Crippen LogP contribution >= 0.6 is 23.2 Å². The quantitative estimate of drug-likeness (QED) is 0.858. The van der Waals surface area contributed by atoms with E-state index >= 15 is 0 Å². The van der Waals surface area contributed by atoms with Crippen molar-refractivity contribution in [1.82, 2.24) is 0 Å². The average Bonchev–Trinajstić information content (AvgIpc) is 2.79. The fraction of sp³-hybridized carbons (Fsp3) is 0.500. The van der Waals surface area contributed by atoms with Crippen LogP contribution in [0.15, 0.2) is 18.2 Å².